The Morgan fingerprint density at radius 3 is 2.62 bits per heavy atom. The second-order valence-electron chi connectivity index (χ2n) is 2.84. The number of thioether (sulfide) groups is 1. The van der Waals surface area contributed by atoms with Crippen LogP contribution in [0.25, 0.3) is 0 Å². The molecule has 1 rings (SSSR count). The van der Waals surface area contributed by atoms with Crippen LogP contribution in [0.1, 0.15) is 6.92 Å². The first-order valence-electron chi connectivity index (χ1n) is 4.46. The van der Waals surface area contributed by atoms with Crippen molar-refractivity contribution in [1.82, 2.24) is 0 Å². The smallest absolute Gasteiger partial charge is 0.303 e. The number of carbonyl (C=O) groups is 1. The lowest BCUT2D eigenvalue weighted by Gasteiger charge is -2.01. The van der Waals surface area contributed by atoms with E-state index in [9.17, 15) is 14.9 Å². The van der Waals surface area contributed by atoms with Gasteiger partial charge in [0.15, 0.2) is 0 Å². The Hall–Kier alpha value is -1.56. The monoisotopic (exact) mass is 240 g/mol. The number of carbonyl (C=O) groups excluding carboxylic acids is 1. The van der Waals surface area contributed by atoms with Gasteiger partial charge in [0, 0.05) is 29.7 Å². The molecule has 0 heterocycles. The molecule has 0 aliphatic heterocycles. The van der Waals surface area contributed by atoms with Gasteiger partial charge >= 0.3 is 5.97 Å². The van der Waals surface area contributed by atoms with E-state index in [1.165, 1.54) is 37.4 Å². The molecule has 1 aromatic rings. The summed E-state index contributed by atoms with van der Waals surface area (Å²) in [7, 11) is 0. The van der Waals surface area contributed by atoms with E-state index >= 15 is 0 Å². The molecular formula is C10H10NO4S. The SMILES string of the molecule is CC(=O)O[CH]CSc1ccc([N+](=O)[O-])cc1. The van der Waals surface area contributed by atoms with Crippen LogP contribution in [0.3, 0.4) is 0 Å². The number of nitrogens with zero attached hydrogens (tertiary/aromatic N) is 1. The normalized spacial score (nSPS) is 9.81. The first-order chi connectivity index (χ1) is 7.59. The van der Waals surface area contributed by atoms with Crippen LogP contribution in [0.4, 0.5) is 5.69 Å². The van der Waals surface area contributed by atoms with Gasteiger partial charge in [-0.3, -0.25) is 14.9 Å². The van der Waals surface area contributed by atoms with Crippen LogP contribution in [0, 0.1) is 16.7 Å². The van der Waals surface area contributed by atoms with Gasteiger partial charge in [0.2, 0.25) is 0 Å². The van der Waals surface area contributed by atoms with E-state index in [1.807, 2.05) is 0 Å². The zero-order chi connectivity index (χ0) is 12.0. The number of nitro groups is 1. The zero-order valence-corrected chi connectivity index (χ0v) is 9.40. The Bertz CT molecular complexity index is 377. The van der Waals surface area contributed by atoms with Crippen LogP contribution in [-0.2, 0) is 9.53 Å². The van der Waals surface area contributed by atoms with Crippen molar-refractivity contribution in [3.05, 3.63) is 41.0 Å². The van der Waals surface area contributed by atoms with Crippen molar-refractivity contribution in [2.75, 3.05) is 5.75 Å². The van der Waals surface area contributed by atoms with Gasteiger partial charge < -0.3 is 4.74 Å². The second kappa shape index (κ2) is 6.12. The maximum Gasteiger partial charge on any atom is 0.303 e. The maximum absolute atomic E-state index is 10.4. The van der Waals surface area contributed by atoms with Crippen LogP contribution in [0.2, 0.25) is 0 Å². The van der Waals surface area contributed by atoms with E-state index in [2.05, 4.69) is 4.74 Å². The minimum absolute atomic E-state index is 0.0633. The standard InChI is InChI=1S/C10H10NO4S/c1-8(12)15-6-7-16-10-4-2-9(3-5-10)11(13)14/h2-6H,7H2,1H3. The lowest BCUT2D eigenvalue weighted by Crippen LogP contribution is -1.96. The van der Waals surface area contributed by atoms with E-state index < -0.39 is 4.92 Å². The van der Waals surface area contributed by atoms with Crippen LogP contribution >= 0.6 is 11.8 Å². The summed E-state index contributed by atoms with van der Waals surface area (Å²) in [6.45, 7) is 2.72. The van der Waals surface area contributed by atoms with Gasteiger partial charge in [-0.2, -0.15) is 0 Å². The fraction of sp³-hybridized carbons (Fsp3) is 0.200. The molecule has 0 N–H and O–H groups in total. The van der Waals surface area contributed by atoms with E-state index in [4.69, 9.17) is 0 Å². The number of benzene rings is 1. The summed E-state index contributed by atoms with van der Waals surface area (Å²) in [6, 6.07) is 6.19. The lowest BCUT2D eigenvalue weighted by molar-refractivity contribution is -0.384. The van der Waals surface area contributed by atoms with Crippen LogP contribution in [-0.4, -0.2) is 16.6 Å². The van der Waals surface area contributed by atoms with E-state index in [0.29, 0.717) is 5.75 Å². The highest BCUT2D eigenvalue weighted by Gasteiger charge is 2.04. The van der Waals surface area contributed by atoms with Gasteiger partial charge in [-0.1, -0.05) is 0 Å². The summed E-state index contributed by atoms with van der Waals surface area (Å²) in [6.07, 6.45) is 0. The predicted molar refractivity (Wildman–Crippen MR) is 59.9 cm³/mol. The Labute approximate surface area is 96.9 Å². The molecule has 1 radical (unpaired) electrons. The van der Waals surface area contributed by atoms with Gasteiger partial charge in [-0.15, -0.1) is 11.8 Å². The molecule has 0 aliphatic carbocycles. The number of hydrogen-bond acceptors (Lipinski definition) is 5. The molecule has 0 aliphatic rings. The largest absolute Gasteiger partial charge is 0.458 e. The van der Waals surface area contributed by atoms with Gasteiger partial charge in [0.05, 0.1) is 4.92 Å². The van der Waals surface area contributed by atoms with Crippen LogP contribution < -0.4 is 0 Å². The summed E-state index contributed by atoms with van der Waals surface area (Å²) in [5.74, 6) is 0.154. The molecule has 16 heavy (non-hydrogen) atoms. The number of ether oxygens (including phenoxy) is 1. The number of hydrogen-bond donors (Lipinski definition) is 0. The minimum atomic E-state index is -0.445. The van der Waals surface area contributed by atoms with Crippen LogP contribution in [0.5, 0.6) is 0 Å². The third-order valence-corrected chi connectivity index (χ3v) is 2.52. The molecule has 0 saturated heterocycles. The topological polar surface area (TPSA) is 69.4 Å². The first kappa shape index (κ1) is 12.5. The molecule has 5 nitrogen and oxygen atoms in total. The summed E-state index contributed by atoms with van der Waals surface area (Å²) in [5, 5.41) is 10.4. The quantitative estimate of drug-likeness (QED) is 0.260. The molecular weight excluding hydrogens is 230 g/mol. The summed E-state index contributed by atoms with van der Waals surface area (Å²) in [5.41, 5.74) is 0.0633. The Kier molecular flexibility index (Phi) is 4.78. The highest BCUT2D eigenvalue weighted by Crippen LogP contribution is 2.21. The average molecular weight is 240 g/mol. The summed E-state index contributed by atoms with van der Waals surface area (Å²) >= 11 is 1.43. The predicted octanol–water partition coefficient (Wildman–Crippen LogP) is 2.41. The average Bonchev–Trinajstić information content (AvgIpc) is 2.25. The molecule has 0 fully saturated rings. The molecule has 85 valence electrons. The van der Waals surface area contributed by atoms with Crippen molar-refractivity contribution in [1.29, 1.82) is 0 Å². The molecule has 0 unspecified atom stereocenters. The first-order valence-corrected chi connectivity index (χ1v) is 5.44. The van der Waals surface area contributed by atoms with Crippen molar-refractivity contribution < 1.29 is 14.5 Å². The fourth-order valence-corrected chi connectivity index (χ4v) is 1.60. The van der Waals surface area contributed by atoms with Gasteiger partial charge in [0.25, 0.3) is 5.69 Å². The Balaban J connectivity index is 2.38. The molecule has 6 heteroatoms. The van der Waals surface area contributed by atoms with Gasteiger partial charge in [-0.25, -0.2) is 0 Å². The van der Waals surface area contributed by atoms with Crippen molar-refractivity contribution in [2.45, 2.75) is 11.8 Å². The van der Waals surface area contributed by atoms with E-state index in [-0.39, 0.29) is 11.7 Å². The third kappa shape index (κ3) is 4.31. The molecule has 1 aromatic carbocycles. The highest BCUT2D eigenvalue weighted by atomic mass is 32.2. The van der Waals surface area contributed by atoms with Crippen LogP contribution in [0.15, 0.2) is 29.2 Å². The molecule has 0 atom stereocenters. The van der Waals surface area contributed by atoms with Crippen molar-refractivity contribution in [3.63, 3.8) is 0 Å². The minimum Gasteiger partial charge on any atom is -0.458 e. The third-order valence-electron chi connectivity index (χ3n) is 1.61. The molecule has 0 saturated carbocycles. The zero-order valence-electron chi connectivity index (χ0n) is 8.58. The van der Waals surface area contributed by atoms with E-state index in [1.54, 1.807) is 12.1 Å². The van der Waals surface area contributed by atoms with Gasteiger partial charge in [-0.05, 0) is 12.1 Å². The fourth-order valence-electron chi connectivity index (χ4n) is 0.946. The molecule has 0 spiro atoms. The van der Waals surface area contributed by atoms with Gasteiger partial charge in [0.1, 0.15) is 6.61 Å². The molecule has 0 amide bonds. The Morgan fingerprint density at radius 2 is 2.12 bits per heavy atom. The number of esters is 1. The molecule has 0 aromatic heterocycles. The van der Waals surface area contributed by atoms with Crippen molar-refractivity contribution in [2.24, 2.45) is 0 Å². The number of nitro benzene ring substituents is 1. The highest BCUT2D eigenvalue weighted by molar-refractivity contribution is 7.99. The Morgan fingerprint density at radius 1 is 1.50 bits per heavy atom. The maximum atomic E-state index is 10.4. The number of non-ortho nitro benzene ring substituents is 1. The van der Waals surface area contributed by atoms with Crippen molar-refractivity contribution in [3.8, 4) is 0 Å². The number of rotatable bonds is 5. The second-order valence-corrected chi connectivity index (χ2v) is 3.93. The summed E-state index contributed by atoms with van der Waals surface area (Å²) in [4.78, 5) is 21.3. The van der Waals surface area contributed by atoms with E-state index in [0.717, 1.165) is 4.90 Å². The summed E-state index contributed by atoms with van der Waals surface area (Å²) < 4.78 is 4.63. The molecule has 0 bridgehead atoms. The van der Waals surface area contributed by atoms with Crippen molar-refractivity contribution >= 4 is 23.4 Å². The lowest BCUT2D eigenvalue weighted by atomic mass is 10.3.